The monoisotopic (exact) mass is 193 g/mol. The molecule has 2 aromatic rings. The Balaban J connectivity index is 2.10. The van der Waals surface area contributed by atoms with Crippen LogP contribution in [-0.4, -0.2) is 16.7 Å². The SMILES string of the molecule is NCCCc1noc(-c2ccoc2)n1. The van der Waals surface area contributed by atoms with Crippen LogP contribution in [0, 0.1) is 0 Å². The van der Waals surface area contributed by atoms with Gasteiger partial charge in [0, 0.05) is 6.42 Å². The molecule has 0 fully saturated rings. The van der Waals surface area contributed by atoms with Crippen molar-refractivity contribution in [3.63, 3.8) is 0 Å². The van der Waals surface area contributed by atoms with Crippen LogP contribution in [-0.2, 0) is 6.42 Å². The minimum atomic E-state index is 0.491. The van der Waals surface area contributed by atoms with E-state index in [1.54, 1.807) is 18.6 Å². The predicted molar refractivity (Wildman–Crippen MR) is 49.4 cm³/mol. The molecular formula is C9H11N3O2. The molecule has 0 aliphatic rings. The van der Waals surface area contributed by atoms with Crippen LogP contribution in [0.2, 0.25) is 0 Å². The molecule has 2 rings (SSSR count). The Labute approximate surface area is 80.9 Å². The average Bonchev–Trinajstić information content (AvgIpc) is 2.85. The lowest BCUT2D eigenvalue weighted by atomic mass is 10.3. The van der Waals surface area contributed by atoms with Crippen LogP contribution in [0.25, 0.3) is 11.5 Å². The van der Waals surface area contributed by atoms with Crippen molar-refractivity contribution in [2.45, 2.75) is 12.8 Å². The first-order chi connectivity index (χ1) is 6.90. The van der Waals surface area contributed by atoms with E-state index < -0.39 is 0 Å². The number of hydrogen-bond donors (Lipinski definition) is 1. The normalized spacial score (nSPS) is 10.6. The van der Waals surface area contributed by atoms with Gasteiger partial charge in [0.2, 0.25) is 0 Å². The van der Waals surface area contributed by atoms with E-state index in [1.807, 2.05) is 0 Å². The molecule has 0 bridgehead atoms. The molecule has 0 unspecified atom stereocenters. The first-order valence-electron chi connectivity index (χ1n) is 4.45. The lowest BCUT2D eigenvalue weighted by molar-refractivity contribution is 0.421. The Morgan fingerprint density at radius 2 is 2.36 bits per heavy atom. The Hall–Kier alpha value is -1.62. The molecule has 2 heterocycles. The molecule has 0 amide bonds. The summed E-state index contributed by atoms with van der Waals surface area (Å²) in [5.74, 6) is 1.18. The van der Waals surface area contributed by atoms with Crippen LogP contribution < -0.4 is 5.73 Å². The van der Waals surface area contributed by atoms with Gasteiger partial charge in [-0.3, -0.25) is 0 Å². The maximum atomic E-state index is 5.38. The minimum absolute atomic E-state index is 0.491. The topological polar surface area (TPSA) is 78.1 Å². The van der Waals surface area contributed by atoms with Gasteiger partial charge in [0.15, 0.2) is 5.82 Å². The van der Waals surface area contributed by atoms with E-state index in [4.69, 9.17) is 14.7 Å². The minimum Gasteiger partial charge on any atom is -0.472 e. The predicted octanol–water partition coefficient (Wildman–Crippen LogP) is 1.22. The molecule has 5 heteroatoms. The highest BCUT2D eigenvalue weighted by atomic mass is 16.5. The fraction of sp³-hybridized carbons (Fsp3) is 0.333. The number of aromatic nitrogens is 2. The molecule has 0 radical (unpaired) electrons. The third-order valence-corrected chi connectivity index (χ3v) is 1.84. The van der Waals surface area contributed by atoms with Gasteiger partial charge in [-0.05, 0) is 19.0 Å². The second-order valence-electron chi connectivity index (χ2n) is 2.92. The summed E-state index contributed by atoms with van der Waals surface area (Å²) in [4.78, 5) is 4.20. The van der Waals surface area contributed by atoms with Gasteiger partial charge in [0.05, 0.1) is 11.8 Å². The molecule has 2 aromatic heterocycles. The summed E-state index contributed by atoms with van der Waals surface area (Å²) >= 11 is 0. The lowest BCUT2D eigenvalue weighted by Crippen LogP contribution is -2.01. The second-order valence-corrected chi connectivity index (χ2v) is 2.92. The Morgan fingerprint density at radius 3 is 3.07 bits per heavy atom. The van der Waals surface area contributed by atoms with Crippen LogP contribution in [0.3, 0.4) is 0 Å². The van der Waals surface area contributed by atoms with Gasteiger partial charge in [0.25, 0.3) is 5.89 Å². The van der Waals surface area contributed by atoms with Crippen molar-refractivity contribution in [2.24, 2.45) is 5.73 Å². The van der Waals surface area contributed by atoms with Gasteiger partial charge in [-0.15, -0.1) is 0 Å². The molecular weight excluding hydrogens is 182 g/mol. The summed E-state index contributed by atoms with van der Waals surface area (Å²) in [6, 6.07) is 1.78. The Bertz CT molecular complexity index is 380. The third kappa shape index (κ3) is 1.82. The van der Waals surface area contributed by atoms with Crippen molar-refractivity contribution in [1.29, 1.82) is 0 Å². The molecule has 0 aromatic carbocycles. The Morgan fingerprint density at radius 1 is 1.43 bits per heavy atom. The quantitative estimate of drug-likeness (QED) is 0.789. The average molecular weight is 193 g/mol. The van der Waals surface area contributed by atoms with Crippen LogP contribution in [0.1, 0.15) is 12.2 Å². The number of rotatable bonds is 4. The summed E-state index contributed by atoms with van der Waals surface area (Å²) in [6.45, 7) is 0.635. The molecule has 74 valence electrons. The van der Waals surface area contributed by atoms with Crippen molar-refractivity contribution in [2.75, 3.05) is 6.54 Å². The Kier molecular flexibility index (Phi) is 2.60. The van der Waals surface area contributed by atoms with Crippen LogP contribution in [0.15, 0.2) is 27.5 Å². The molecule has 0 saturated heterocycles. The first kappa shape index (κ1) is 8.96. The zero-order valence-electron chi connectivity index (χ0n) is 7.64. The van der Waals surface area contributed by atoms with Crippen molar-refractivity contribution in [3.8, 4) is 11.5 Å². The van der Waals surface area contributed by atoms with Gasteiger partial charge in [0.1, 0.15) is 6.26 Å². The number of hydrogen-bond acceptors (Lipinski definition) is 5. The van der Waals surface area contributed by atoms with E-state index in [9.17, 15) is 0 Å². The summed E-state index contributed by atoms with van der Waals surface area (Å²) in [6.07, 6.45) is 4.75. The summed E-state index contributed by atoms with van der Waals surface area (Å²) in [5, 5.41) is 3.83. The van der Waals surface area contributed by atoms with Gasteiger partial charge in [-0.25, -0.2) is 0 Å². The van der Waals surface area contributed by atoms with Gasteiger partial charge in [-0.1, -0.05) is 5.16 Å². The maximum Gasteiger partial charge on any atom is 0.261 e. The van der Waals surface area contributed by atoms with Gasteiger partial charge in [-0.2, -0.15) is 4.98 Å². The van der Waals surface area contributed by atoms with E-state index in [0.29, 0.717) is 18.3 Å². The first-order valence-corrected chi connectivity index (χ1v) is 4.45. The van der Waals surface area contributed by atoms with Crippen molar-refractivity contribution in [3.05, 3.63) is 24.4 Å². The van der Waals surface area contributed by atoms with E-state index >= 15 is 0 Å². The largest absolute Gasteiger partial charge is 0.472 e. The van der Waals surface area contributed by atoms with Gasteiger partial charge >= 0.3 is 0 Å². The molecule has 5 nitrogen and oxygen atoms in total. The van der Waals surface area contributed by atoms with Crippen LogP contribution in [0.4, 0.5) is 0 Å². The second kappa shape index (κ2) is 4.06. The van der Waals surface area contributed by atoms with Crippen LogP contribution in [0.5, 0.6) is 0 Å². The number of aryl methyl sites for hydroxylation is 1. The van der Waals surface area contributed by atoms with E-state index in [1.165, 1.54) is 0 Å². The van der Waals surface area contributed by atoms with E-state index in [-0.39, 0.29) is 0 Å². The molecule has 2 N–H and O–H groups in total. The van der Waals surface area contributed by atoms with E-state index in [2.05, 4.69) is 10.1 Å². The van der Waals surface area contributed by atoms with Crippen molar-refractivity contribution < 1.29 is 8.94 Å². The summed E-state index contributed by atoms with van der Waals surface area (Å²) in [5.41, 5.74) is 6.18. The zero-order valence-corrected chi connectivity index (χ0v) is 7.64. The fourth-order valence-corrected chi connectivity index (χ4v) is 1.12. The molecule has 0 spiro atoms. The number of furan rings is 1. The molecule has 0 aliphatic carbocycles. The highest BCUT2D eigenvalue weighted by Crippen LogP contribution is 2.17. The zero-order chi connectivity index (χ0) is 9.80. The fourth-order valence-electron chi connectivity index (χ4n) is 1.12. The lowest BCUT2D eigenvalue weighted by Gasteiger charge is -1.87. The summed E-state index contributed by atoms with van der Waals surface area (Å²) in [7, 11) is 0. The van der Waals surface area contributed by atoms with Crippen molar-refractivity contribution >= 4 is 0 Å². The van der Waals surface area contributed by atoms with E-state index in [0.717, 1.165) is 18.4 Å². The molecule has 0 saturated carbocycles. The van der Waals surface area contributed by atoms with Crippen molar-refractivity contribution in [1.82, 2.24) is 10.1 Å². The highest BCUT2D eigenvalue weighted by Gasteiger charge is 2.08. The molecule has 0 aliphatic heterocycles. The summed E-state index contributed by atoms with van der Waals surface area (Å²) < 4.78 is 9.96. The molecule has 0 atom stereocenters. The van der Waals surface area contributed by atoms with Crippen LogP contribution >= 0.6 is 0 Å². The van der Waals surface area contributed by atoms with Gasteiger partial charge < -0.3 is 14.7 Å². The maximum absolute atomic E-state index is 5.38. The number of nitrogens with zero attached hydrogens (tertiary/aromatic N) is 2. The highest BCUT2D eigenvalue weighted by molar-refractivity contribution is 5.49. The smallest absolute Gasteiger partial charge is 0.261 e. The number of nitrogens with two attached hydrogens (primary N) is 1. The standard InChI is InChI=1S/C9H11N3O2/c10-4-1-2-8-11-9(14-12-8)7-3-5-13-6-7/h3,5-6H,1-2,4,10H2. The third-order valence-electron chi connectivity index (χ3n) is 1.84. The molecule has 14 heavy (non-hydrogen) atoms.